The van der Waals surface area contributed by atoms with Crippen LogP contribution in [0.15, 0.2) is 54.8 Å². The summed E-state index contributed by atoms with van der Waals surface area (Å²) in [7, 11) is 1.59. The lowest BCUT2D eigenvalue weighted by Crippen LogP contribution is -1.99. The Balaban J connectivity index is 3.05. The quantitative estimate of drug-likeness (QED) is 0.600. The van der Waals surface area contributed by atoms with E-state index >= 15 is 0 Å². The Morgan fingerprint density at radius 1 is 1.60 bits per heavy atom. The van der Waals surface area contributed by atoms with Crippen molar-refractivity contribution < 1.29 is 9.84 Å². The second kappa shape index (κ2) is 5.20. The summed E-state index contributed by atoms with van der Waals surface area (Å²) in [5.74, 6) is 0.707. The fraction of sp³-hybridized carbons (Fsp3) is 0.154. The Hall–Kier alpha value is -1.76. The fourth-order valence-electron chi connectivity index (χ4n) is 1.27. The van der Waals surface area contributed by atoms with Gasteiger partial charge in [0.1, 0.15) is 11.9 Å². The van der Waals surface area contributed by atoms with E-state index in [0.29, 0.717) is 11.3 Å². The fourth-order valence-corrected chi connectivity index (χ4v) is 1.27. The van der Waals surface area contributed by atoms with Crippen LogP contribution in [-0.4, -0.2) is 12.2 Å². The summed E-state index contributed by atoms with van der Waals surface area (Å²) in [5.41, 5.74) is 3.94. The zero-order valence-corrected chi connectivity index (χ0v) is 8.73. The van der Waals surface area contributed by atoms with Crippen LogP contribution in [0.5, 0.6) is 5.75 Å². The Bertz CT molecular complexity index is 401. The van der Waals surface area contributed by atoms with Gasteiger partial charge in [0.15, 0.2) is 0 Å². The van der Waals surface area contributed by atoms with Crippen molar-refractivity contribution in [3.05, 3.63) is 60.4 Å². The molecule has 1 N–H and O–H groups in total. The van der Waals surface area contributed by atoms with Crippen LogP contribution < -0.4 is 4.74 Å². The van der Waals surface area contributed by atoms with Crippen molar-refractivity contribution in [2.75, 3.05) is 7.11 Å². The summed E-state index contributed by atoms with van der Waals surface area (Å²) < 4.78 is 5.07. The first kappa shape index (κ1) is 11.3. The maximum atomic E-state index is 9.93. The van der Waals surface area contributed by atoms with Crippen LogP contribution in [0.2, 0.25) is 0 Å². The van der Waals surface area contributed by atoms with Crippen LogP contribution in [0.25, 0.3) is 0 Å². The van der Waals surface area contributed by atoms with Gasteiger partial charge in [-0.05, 0) is 17.7 Å². The van der Waals surface area contributed by atoms with Gasteiger partial charge < -0.3 is 9.84 Å². The predicted molar refractivity (Wildman–Crippen MR) is 60.8 cm³/mol. The number of aliphatic hydroxyl groups excluding tert-OH is 1. The molecule has 1 aromatic carbocycles. The SMILES string of the molecule is C=C=C(C=C)C(O)c1cccc(OC)c1. The summed E-state index contributed by atoms with van der Waals surface area (Å²) in [6.45, 7) is 7.09. The van der Waals surface area contributed by atoms with Crippen molar-refractivity contribution in [1.82, 2.24) is 0 Å². The highest BCUT2D eigenvalue weighted by Gasteiger charge is 2.10. The number of aliphatic hydroxyl groups is 1. The molecule has 0 aliphatic heterocycles. The van der Waals surface area contributed by atoms with Gasteiger partial charge >= 0.3 is 0 Å². The first-order chi connectivity index (χ1) is 7.22. The van der Waals surface area contributed by atoms with Gasteiger partial charge in [-0.15, -0.1) is 5.73 Å². The highest BCUT2D eigenvalue weighted by Crippen LogP contribution is 2.24. The number of hydrogen-bond acceptors (Lipinski definition) is 2. The lowest BCUT2D eigenvalue weighted by molar-refractivity contribution is 0.219. The number of rotatable bonds is 4. The molecule has 0 amide bonds. The van der Waals surface area contributed by atoms with E-state index in [1.807, 2.05) is 18.2 Å². The van der Waals surface area contributed by atoms with Gasteiger partial charge in [-0.1, -0.05) is 31.4 Å². The number of ether oxygens (including phenoxy) is 1. The van der Waals surface area contributed by atoms with Crippen LogP contribution >= 0.6 is 0 Å². The van der Waals surface area contributed by atoms with Gasteiger partial charge in [-0.25, -0.2) is 0 Å². The Labute approximate surface area is 89.8 Å². The molecule has 0 saturated heterocycles. The predicted octanol–water partition coefficient (Wildman–Crippen LogP) is 2.63. The molecule has 0 fully saturated rings. The standard InChI is InChI=1S/C13H14O2/c1-4-10(5-2)13(14)11-7-6-8-12(9-11)15-3/h4,6-9,13-14H,1-2H2,3H3. The Kier molecular flexibility index (Phi) is 3.92. The summed E-state index contributed by atoms with van der Waals surface area (Å²) in [5, 5.41) is 9.93. The molecule has 0 radical (unpaired) electrons. The lowest BCUT2D eigenvalue weighted by Gasteiger charge is -2.11. The van der Waals surface area contributed by atoms with E-state index in [-0.39, 0.29) is 0 Å². The molecule has 78 valence electrons. The van der Waals surface area contributed by atoms with E-state index in [1.54, 1.807) is 13.2 Å². The normalized spacial score (nSPS) is 11.3. The molecule has 0 aliphatic rings. The molecular weight excluding hydrogens is 188 g/mol. The molecule has 1 rings (SSSR count). The average Bonchev–Trinajstić information content (AvgIpc) is 2.30. The van der Waals surface area contributed by atoms with E-state index < -0.39 is 6.10 Å². The summed E-state index contributed by atoms with van der Waals surface area (Å²) in [6, 6.07) is 7.22. The molecule has 15 heavy (non-hydrogen) atoms. The van der Waals surface area contributed by atoms with Crippen molar-refractivity contribution in [3.63, 3.8) is 0 Å². The number of methoxy groups -OCH3 is 1. The van der Waals surface area contributed by atoms with Crippen LogP contribution in [0.4, 0.5) is 0 Å². The molecule has 0 bridgehead atoms. The molecule has 2 heteroatoms. The molecule has 0 saturated carbocycles. The highest BCUT2D eigenvalue weighted by atomic mass is 16.5. The molecule has 2 nitrogen and oxygen atoms in total. The van der Waals surface area contributed by atoms with E-state index in [0.717, 1.165) is 5.56 Å². The van der Waals surface area contributed by atoms with Gasteiger partial charge in [0, 0.05) is 5.57 Å². The van der Waals surface area contributed by atoms with Crippen molar-refractivity contribution >= 4 is 0 Å². The van der Waals surface area contributed by atoms with Crippen molar-refractivity contribution in [2.24, 2.45) is 0 Å². The third kappa shape index (κ3) is 2.59. The molecule has 1 unspecified atom stereocenters. The Morgan fingerprint density at radius 2 is 2.33 bits per heavy atom. The van der Waals surface area contributed by atoms with Crippen molar-refractivity contribution in [2.45, 2.75) is 6.10 Å². The maximum Gasteiger partial charge on any atom is 0.119 e. The minimum Gasteiger partial charge on any atom is -0.497 e. The smallest absolute Gasteiger partial charge is 0.119 e. The topological polar surface area (TPSA) is 29.5 Å². The van der Waals surface area contributed by atoms with Gasteiger partial charge in [-0.3, -0.25) is 0 Å². The number of benzene rings is 1. The Morgan fingerprint density at radius 3 is 2.87 bits per heavy atom. The summed E-state index contributed by atoms with van der Waals surface area (Å²) in [6.07, 6.45) is 0.784. The molecule has 0 heterocycles. The number of hydrogen-bond donors (Lipinski definition) is 1. The first-order valence-corrected chi connectivity index (χ1v) is 4.57. The molecule has 1 aromatic rings. The van der Waals surface area contributed by atoms with Crippen LogP contribution in [0, 0.1) is 0 Å². The minimum absolute atomic E-state index is 0.559. The minimum atomic E-state index is -0.755. The van der Waals surface area contributed by atoms with E-state index in [4.69, 9.17) is 4.74 Å². The third-order valence-electron chi connectivity index (χ3n) is 2.13. The van der Waals surface area contributed by atoms with Gasteiger partial charge in [0.05, 0.1) is 7.11 Å². The molecule has 0 aromatic heterocycles. The van der Waals surface area contributed by atoms with Crippen LogP contribution in [0.3, 0.4) is 0 Å². The van der Waals surface area contributed by atoms with Gasteiger partial charge in [0.25, 0.3) is 0 Å². The van der Waals surface area contributed by atoms with Gasteiger partial charge in [-0.2, -0.15) is 0 Å². The van der Waals surface area contributed by atoms with Crippen molar-refractivity contribution in [3.8, 4) is 5.75 Å². The van der Waals surface area contributed by atoms with E-state index in [1.165, 1.54) is 6.08 Å². The van der Waals surface area contributed by atoms with Crippen LogP contribution in [0.1, 0.15) is 11.7 Å². The van der Waals surface area contributed by atoms with Crippen molar-refractivity contribution in [1.29, 1.82) is 0 Å². The van der Waals surface area contributed by atoms with Gasteiger partial charge in [0.2, 0.25) is 0 Å². The molecular formula is C13H14O2. The van der Waals surface area contributed by atoms with Crippen LogP contribution in [-0.2, 0) is 0 Å². The second-order valence-electron chi connectivity index (χ2n) is 3.02. The monoisotopic (exact) mass is 202 g/mol. The molecule has 0 spiro atoms. The largest absolute Gasteiger partial charge is 0.497 e. The van der Waals surface area contributed by atoms with E-state index in [9.17, 15) is 5.11 Å². The summed E-state index contributed by atoms with van der Waals surface area (Å²) >= 11 is 0. The van der Waals surface area contributed by atoms with E-state index in [2.05, 4.69) is 18.9 Å². The maximum absolute atomic E-state index is 9.93. The molecule has 0 aliphatic carbocycles. The first-order valence-electron chi connectivity index (χ1n) is 4.57. The third-order valence-corrected chi connectivity index (χ3v) is 2.13. The lowest BCUT2D eigenvalue weighted by atomic mass is 10.0. The zero-order chi connectivity index (χ0) is 11.3. The molecule has 1 atom stereocenters. The summed E-state index contributed by atoms with van der Waals surface area (Å²) in [4.78, 5) is 0. The second-order valence-corrected chi connectivity index (χ2v) is 3.02. The zero-order valence-electron chi connectivity index (χ0n) is 8.73. The average molecular weight is 202 g/mol. The highest BCUT2D eigenvalue weighted by molar-refractivity contribution is 5.35.